The monoisotopic (exact) mass is 977 g/mol. The van der Waals surface area contributed by atoms with E-state index in [2.05, 4.69) is 55.7 Å². The zero-order chi connectivity index (χ0) is 47.6. The molecule has 5 aliphatic heterocycles. The minimum absolute atomic E-state index is 0.0239. The van der Waals surface area contributed by atoms with Crippen molar-refractivity contribution in [2.45, 2.75) is 69.0 Å². The number of nitrogens with zero attached hydrogens (tertiary/aromatic N) is 6. The molecule has 1 aliphatic carbocycles. The SMILES string of the molecule is CC1(C)CCC(CN2CCN(c3ccc(C(=O)NS(=O)(=O)c4cc5c(c([N+](=O)[O-])c4)N[C@H](CN4C[C@@H]6C[C@H]4CO6)CO5)c(N4CCCOc5nc6[nH]ccc6cc54)c3)CC2)=C(c2ccc(Cl)cc2)C1. The van der Waals surface area contributed by atoms with Gasteiger partial charge in [-0.2, -0.15) is 4.98 Å². The van der Waals surface area contributed by atoms with Gasteiger partial charge in [-0.25, -0.2) is 13.1 Å². The van der Waals surface area contributed by atoms with Crippen molar-refractivity contribution < 1.29 is 32.3 Å². The molecular weight excluding hydrogens is 922 g/mol. The van der Waals surface area contributed by atoms with Gasteiger partial charge in [0.15, 0.2) is 11.4 Å². The summed E-state index contributed by atoms with van der Waals surface area (Å²) in [6, 6.07) is 19.8. The standard InChI is InChI=1S/C50H56ClN9O8S/c1-50(2)12-10-33(41(25-50)31-4-6-34(51)7-5-31)26-56-15-17-57(18-16-56)36-8-9-40(42(22-36)59-14-3-19-66-49-44(59)20-32-11-13-52-47(32)54-49)48(61)55-69(64,65)39-23-43(60(62)63)46-45(24-39)68-29-35(53-46)27-58-28-38-21-37(58)30-67-38/h4-9,11,13,20,22-24,35,37-38,53H,3,10,12,14-19,21,25-30H2,1-2H3,(H,52,54)(H,55,61)/t35-,37+,38+/m1/s1. The summed E-state index contributed by atoms with van der Waals surface area (Å²) < 4.78 is 48.6. The number of nitro benzene ring substituents is 1. The van der Waals surface area contributed by atoms with Gasteiger partial charge in [-0.15, -0.1) is 0 Å². The molecule has 3 saturated heterocycles. The number of fused-ring (bicyclic) bond motifs is 5. The number of rotatable bonds is 11. The Morgan fingerprint density at radius 2 is 1.83 bits per heavy atom. The average Bonchev–Trinajstić information content (AvgIpc) is 4.06. The lowest BCUT2D eigenvalue weighted by Gasteiger charge is -2.39. The van der Waals surface area contributed by atoms with E-state index in [1.807, 2.05) is 41.3 Å². The van der Waals surface area contributed by atoms with Crippen LogP contribution < -0.4 is 29.3 Å². The number of carbonyl (C=O) groups excluding carboxylic acids is 1. The van der Waals surface area contributed by atoms with Gasteiger partial charge in [0, 0.05) is 92.8 Å². The maximum absolute atomic E-state index is 14.6. The highest BCUT2D eigenvalue weighted by molar-refractivity contribution is 7.90. The highest BCUT2D eigenvalue weighted by Gasteiger charge is 2.41. The summed E-state index contributed by atoms with van der Waals surface area (Å²) in [5, 5.41) is 17.3. The predicted molar refractivity (Wildman–Crippen MR) is 265 cm³/mol. The molecule has 0 saturated carbocycles. The van der Waals surface area contributed by atoms with Crippen molar-refractivity contribution in [2.24, 2.45) is 5.41 Å². The van der Waals surface area contributed by atoms with Crippen LogP contribution in [-0.4, -0.2) is 129 Å². The summed E-state index contributed by atoms with van der Waals surface area (Å²) in [5.74, 6) is -0.485. The van der Waals surface area contributed by atoms with Crippen LogP contribution in [0.5, 0.6) is 11.6 Å². The third-order valence-electron chi connectivity index (χ3n) is 14.6. The van der Waals surface area contributed by atoms with Crippen LogP contribution in [0.1, 0.15) is 61.9 Å². The van der Waals surface area contributed by atoms with E-state index in [1.165, 1.54) is 22.8 Å². The number of nitrogens with one attached hydrogen (secondary N) is 3. The van der Waals surface area contributed by atoms with Crippen molar-refractivity contribution in [2.75, 3.05) is 87.3 Å². The van der Waals surface area contributed by atoms with Gasteiger partial charge >= 0.3 is 0 Å². The Morgan fingerprint density at radius 1 is 1.00 bits per heavy atom. The Labute approximate surface area is 405 Å². The van der Waals surface area contributed by atoms with E-state index in [4.69, 9.17) is 30.8 Å². The second-order valence-electron chi connectivity index (χ2n) is 19.9. The Kier molecular flexibility index (Phi) is 11.9. The second-order valence-corrected chi connectivity index (χ2v) is 22.1. The van der Waals surface area contributed by atoms with Crippen LogP contribution in [0.4, 0.5) is 28.4 Å². The van der Waals surface area contributed by atoms with E-state index in [1.54, 1.807) is 12.3 Å². The zero-order valence-corrected chi connectivity index (χ0v) is 40.3. The smallest absolute Gasteiger partial charge is 0.297 e. The number of hydrogen-bond acceptors (Lipinski definition) is 14. The molecule has 11 rings (SSSR count). The number of piperazine rings is 1. The molecule has 3 aromatic carbocycles. The van der Waals surface area contributed by atoms with E-state index in [0.29, 0.717) is 61.7 Å². The Hall–Kier alpha value is -5.92. The molecule has 0 spiro atoms. The van der Waals surface area contributed by atoms with Crippen molar-refractivity contribution in [1.82, 2.24) is 24.5 Å². The number of pyridine rings is 1. The lowest BCUT2D eigenvalue weighted by molar-refractivity contribution is -0.384. The largest absolute Gasteiger partial charge is 0.489 e. The third kappa shape index (κ3) is 9.20. The highest BCUT2D eigenvalue weighted by atomic mass is 35.5. The van der Waals surface area contributed by atoms with Gasteiger partial charge in [-0.1, -0.05) is 43.2 Å². The molecule has 19 heteroatoms. The highest BCUT2D eigenvalue weighted by Crippen LogP contribution is 2.45. The lowest BCUT2D eigenvalue weighted by atomic mass is 9.72. The van der Waals surface area contributed by atoms with Crippen molar-refractivity contribution in [3.05, 3.63) is 105 Å². The number of likely N-dealkylation sites (tertiary alicyclic amines) is 1. The predicted octanol–water partition coefficient (Wildman–Crippen LogP) is 7.60. The van der Waals surface area contributed by atoms with Crippen LogP contribution in [0.15, 0.2) is 83.4 Å². The van der Waals surface area contributed by atoms with Gasteiger partial charge in [0.1, 0.15) is 17.9 Å². The Morgan fingerprint density at radius 3 is 2.59 bits per heavy atom. The number of carbonyl (C=O) groups is 1. The van der Waals surface area contributed by atoms with Crippen LogP contribution in [-0.2, 0) is 14.8 Å². The number of hydrogen-bond donors (Lipinski definition) is 3. The molecule has 2 bridgehead atoms. The number of ether oxygens (including phenoxy) is 3. The van der Waals surface area contributed by atoms with Crippen molar-refractivity contribution >= 4 is 72.6 Å². The fraction of sp³-hybridized carbons (Fsp3) is 0.440. The molecule has 69 heavy (non-hydrogen) atoms. The first-order chi connectivity index (χ1) is 33.2. The molecule has 3 atom stereocenters. The van der Waals surface area contributed by atoms with E-state index in [9.17, 15) is 23.3 Å². The third-order valence-corrected chi connectivity index (χ3v) is 16.2. The van der Waals surface area contributed by atoms with Crippen LogP contribution in [0, 0.1) is 15.5 Å². The molecule has 3 fully saturated rings. The van der Waals surface area contributed by atoms with Crippen LogP contribution >= 0.6 is 11.6 Å². The van der Waals surface area contributed by atoms with Gasteiger partial charge in [0.2, 0.25) is 5.88 Å². The first-order valence-electron chi connectivity index (χ1n) is 23.8. The molecule has 6 aliphatic rings. The number of morpholine rings is 1. The molecule has 5 aromatic rings. The number of allylic oxidation sites excluding steroid dienone is 1. The molecule has 3 N–H and O–H groups in total. The quantitative estimate of drug-likeness (QED) is 0.0868. The van der Waals surface area contributed by atoms with Crippen LogP contribution in [0.25, 0.3) is 16.6 Å². The number of H-pyrrole nitrogens is 1. The average molecular weight is 979 g/mol. The number of nitro groups is 1. The fourth-order valence-electron chi connectivity index (χ4n) is 10.9. The van der Waals surface area contributed by atoms with Crippen molar-refractivity contribution in [3.8, 4) is 11.6 Å². The minimum atomic E-state index is -4.67. The normalized spacial score (nSPS) is 22.6. The molecule has 7 heterocycles. The first-order valence-corrected chi connectivity index (χ1v) is 25.7. The summed E-state index contributed by atoms with van der Waals surface area (Å²) >= 11 is 6.28. The summed E-state index contributed by atoms with van der Waals surface area (Å²) in [5.41, 5.74) is 6.72. The van der Waals surface area contributed by atoms with E-state index >= 15 is 0 Å². The number of aromatic amines is 1. The molecule has 362 valence electrons. The van der Waals surface area contributed by atoms with Gasteiger partial charge in [0.25, 0.3) is 21.6 Å². The number of halogens is 1. The molecule has 1 amide bonds. The maximum Gasteiger partial charge on any atom is 0.297 e. The van der Waals surface area contributed by atoms with Gasteiger partial charge in [0.05, 0.1) is 46.4 Å². The zero-order valence-electron chi connectivity index (χ0n) is 38.7. The number of amides is 1. The molecule has 0 unspecified atom stereocenters. The van der Waals surface area contributed by atoms with Gasteiger partial charge < -0.3 is 34.3 Å². The topological polar surface area (TPSA) is 188 Å². The summed E-state index contributed by atoms with van der Waals surface area (Å²) in [7, 11) is -4.67. The summed E-state index contributed by atoms with van der Waals surface area (Å²) in [4.78, 5) is 42.9. The number of benzene rings is 3. The summed E-state index contributed by atoms with van der Waals surface area (Å²) in [6.45, 7) is 11.7. The van der Waals surface area contributed by atoms with Gasteiger partial charge in [-0.05, 0) is 91.1 Å². The summed E-state index contributed by atoms with van der Waals surface area (Å²) in [6.07, 6.45) is 6.74. The maximum atomic E-state index is 14.6. The van der Waals surface area contributed by atoms with E-state index in [0.717, 1.165) is 87.1 Å². The van der Waals surface area contributed by atoms with Crippen LogP contribution in [0.3, 0.4) is 0 Å². The van der Waals surface area contributed by atoms with Gasteiger partial charge in [-0.3, -0.25) is 24.7 Å². The van der Waals surface area contributed by atoms with E-state index in [-0.39, 0.29) is 41.2 Å². The molecular formula is C50H56ClN9O8S. The molecule has 2 aromatic heterocycles. The molecule has 17 nitrogen and oxygen atoms in total. The first kappa shape index (κ1) is 45.5. The van der Waals surface area contributed by atoms with Crippen LogP contribution in [0.2, 0.25) is 5.02 Å². The Bertz CT molecular complexity index is 2970. The van der Waals surface area contributed by atoms with Crippen molar-refractivity contribution in [1.29, 1.82) is 0 Å². The number of aromatic nitrogens is 2. The van der Waals surface area contributed by atoms with Crippen molar-refractivity contribution in [3.63, 3.8) is 0 Å². The number of anilines is 4. The van der Waals surface area contributed by atoms with E-state index < -0.39 is 31.4 Å². The Balaban J connectivity index is 0.866. The number of sulfonamides is 1. The lowest BCUT2D eigenvalue weighted by Crippen LogP contribution is -2.47. The fourth-order valence-corrected chi connectivity index (χ4v) is 12.1. The minimum Gasteiger partial charge on any atom is -0.489 e. The molecule has 0 radical (unpaired) electrons. The second kappa shape index (κ2) is 18.1.